The van der Waals surface area contributed by atoms with Crippen molar-refractivity contribution in [3.05, 3.63) is 29.8 Å². The number of rotatable bonds is 5. The summed E-state index contributed by atoms with van der Waals surface area (Å²) in [4.78, 5) is 10.2. The standard InChI is InChI=1S/C10H11F2NO2/c1-7(13-6-14)8-3-2-4-9(5-8)15-10(11)12/h2-7,10H,1H3,(H,13,14). The second-order valence-electron chi connectivity index (χ2n) is 2.96. The van der Waals surface area contributed by atoms with Crippen LogP contribution in [-0.4, -0.2) is 13.0 Å². The normalized spacial score (nSPS) is 12.3. The quantitative estimate of drug-likeness (QED) is 0.764. The van der Waals surface area contributed by atoms with Crippen molar-refractivity contribution in [3.63, 3.8) is 0 Å². The van der Waals surface area contributed by atoms with Gasteiger partial charge in [0.15, 0.2) is 0 Å². The Bertz CT molecular complexity index is 331. The third-order valence-electron chi connectivity index (χ3n) is 1.90. The van der Waals surface area contributed by atoms with E-state index in [4.69, 9.17) is 0 Å². The van der Waals surface area contributed by atoms with E-state index in [2.05, 4.69) is 10.1 Å². The number of carbonyl (C=O) groups excluding carboxylic acids is 1. The molecule has 0 radical (unpaired) electrons. The highest BCUT2D eigenvalue weighted by Crippen LogP contribution is 2.20. The van der Waals surface area contributed by atoms with Crippen LogP contribution >= 0.6 is 0 Å². The van der Waals surface area contributed by atoms with Crippen LogP contribution in [0.5, 0.6) is 5.75 Å². The number of hydrogen-bond donors (Lipinski definition) is 1. The van der Waals surface area contributed by atoms with Crippen LogP contribution in [0.1, 0.15) is 18.5 Å². The molecule has 0 aromatic heterocycles. The van der Waals surface area contributed by atoms with Gasteiger partial charge in [0.25, 0.3) is 0 Å². The van der Waals surface area contributed by atoms with Gasteiger partial charge in [-0.2, -0.15) is 8.78 Å². The molecule has 15 heavy (non-hydrogen) atoms. The minimum atomic E-state index is -2.84. The molecule has 1 aromatic carbocycles. The minimum absolute atomic E-state index is 0.0852. The van der Waals surface area contributed by atoms with E-state index >= 15 is 0 Å². The van der Waals surface area contributed by atoms with Crippen LogP contribution < -0.4 is 10.1 Å². The summed E-state index contributed by atoms with van der Waals surface area (Å²) in [5.74, 6) is 0.0852. The van der Waals surface area contributed by atoms with Gasteiger partial charge >= 0.3 is 6.61 Å². The van der Waals surface area contributed by atoms with E-state index in [-0.39, 0.29) is 11.8 Å². The first-order chi connectivity index (χ1) is 7.13. The van der Waals surface area contributed by atoms with E-state index < -0.39 is 6.61 Å². The topological polar surface area (TPSA) is 38.3 Å². The largest absolute Gasteiger partial charge is 0.435 e. The molecule has 1 atom stereocenters. The molecule has 0 spiro atoms. The van der Waals surface area contributed by atoms with E-state index in [0.717, 1.165) is 0 Å². The Morgan fingerprint density at radius 2 is 2.20 bits per heavy atom. The molecule has 0 saturated carbocycles. The van der Waals surface area contributed by atoms with Crippen molar-refractivity contribution in [3.8, 4) is 5.75 Å². The summed E-state index contributed by atoms with van der Waals surface area (Å²) in [5, 5.41) is 2.52. The number of nitrogens with one attached hydrogen (secondary N) is 1. The number of alkyl halides is 2. The number of benzene rings is 1. The van der Waals surface area contributed by atoms with Crippen LogP contribution in [0.3, 0.4) is 0 Å². The van der Waals surface area contributed by atoms with Gasteiger partial charge in [0, 0.05) is 0 Å². The first-order valence-electron chi connectivity index (χ1n) is 4.38. The second-order valence-corrected chi connectivity index (χ2v) is 2.96. The zero-order valence-electron chi connectivity index (χ0n) is 8.11. The summed E-state index contributed by atoms with van der Waals surface area (Å²) >= 11 is 0. The Labute approximate surface area is 86.0 Å². The Balaban J connectivity index is 2.77. The van der Waals surface area contributed by atoms with Crippen LogP contribution in [0.4, 0.5) is 8.78 Å². The number of amides is 1. The van der Waals surface area contributed by atoms with E-state index in [1.165, 1.54) is 12.1 Å². The van der Waals surface area contributed by atoms with Crippen LogP contribution in [0.15, 0.2) is 24.3 Å². The lowest BCUT2D eigenvalue weighted by Gasteiger charge is -2.12. The molecule has 1 amide bonds. The molecule has 0 aliphatic heterocycles. The van der Waals surface area contributed by atoms with Gasteiger partial charge in [0.1, 0.15) is 5.75 Å². The molecule has 0 aliphatic rings. The van der Waals surface area contributed by atoms with Gasteiger partial charge in [0.05, 0.1) is 6.04 Å². The molecular weight excluding hydrogens is 204 g/mol. The Hall–Kier alpha value is -1.65. The zero-order chi connectivity index (χ0) is 11.3. The number of carbonyl (C=O) groups is 1. The number of ether oxygens (including phenoxy) is 1. The van der Waals surface area contributed by atoms with E-state index in [0.29, 0.717) is 12.0 Å². The molecule has 0 fully saturated rings. The maximum absolute atomic E-state index is 11.9. The van der Waals surface area contributed by atoms with Gasteiger partial charge in [-0.15, -0.1) is 0 Å². The molecule has 5 heteroatoms. The van der Waals surface area contributed by atoms with Crippen molar-refractivity contribution < 1.29 is 18.3 Å². The van der Waals surface area contributed by atoms with E-state index in [1.807, 2.05) is 0 Å². The molecule has 0 aliphatic carbocycles. The van der Waals surface area contributed by atoms with Crippen molar-refractivity contribution >= 4 is 6.41 Å². The first-order valence-corrected chi connectivity index (χ1v) is 4.38. The highest BCUT2D eigenvalue weighted by molar-refractivity contribution is 5.48. The highest BCUT2D eigenvalue weighted by atomic mass is 19.3. The van der Waals surface area contributed by atoms with Gasteiger partial charge in [-0.3, -0.25) is 4.79 Å². The van der Waals surface area contributed by atoms with Crippen LogP contribution in [-0.2, 0) is 4.79 Å². The SMILES string of the molecule is CC(NC=O)c1cccc(OC(F)F)c1. The molecule has 1 rings (SSSR count). The van der Waals surface area contributed by atoms with Crippen molar-refractivity contribution in [2.75, 3.05) is 0 Å². The van der Waals surface area contributed by atoms with E-state index in [1.54, 1.807) is 19.1 Å². The summed E-state index contributed by atoms with van der Waals surface area (Å²) in [7, 11) is 0. The zero-order valence-corrected chi connectivity index (χ0v) is 8.11. The van der Waals surface area contributed by atoms with Crippen LogP contribution in [0, 0.1) is 0 Å². The average molecular weight is 215 g/mol. The predicted octanol–water partition coefficient (Wildman–Crippen LogP) is 2.09. The summed E-state index contributed by atoms with van der Waals surface area (Å²) in [6, 6.07) is 5.98. The van der Waals surface area contributed by atoms with Gasteiger partial charge < -0.3 is 10.1 Å². The molecule has 0 heterocycles. The summed E-state index contributed by atoms with van der Waals surface area (Å²) < 4.78 is 28.0. The van der Waals surface area contributed by atoms with Crippen LogP contribution in [0.25, 0.3) is 0 Å². The lowest BCUT2D eigenvalue weighted by molar-refractivity contribution is -0.110. The molecule has 1 unspecified atom stereocenters. The third-order valence-corrected chi connectivity index (χ3v) is 1.90. The monoisotopic (exact) mass is 215 g/mol. The average Bonchev–Trinajstić information content (AvgIpc) is 2.17. The molecule has 0 saturated heterocycles. The first kappa shape index (κ1) is 11.4. The maximum Gasteiger partial charge on any atom is 0.387 e. The fraction of sp³-hybridized carbons (Fsp3) is 0.300. The molecular formula is C10H11F2NO2. The second kappa shape index (κ2) is 5.29. The van der Waals surface area contributed by atoms with Crippen molar-refractivity contribution in [1.82, 2.24) is 5.32 Å². The third kappa shape index (κ3) is 3.53. The fourth-order valence-electron chi connectivity index (χ4n) is 1.16. The minimum Gasteiger partial charge on any atom is -0.435 e. The lowest BCUT2D eigenvalue weighted by Crippen LogP contribution is -2.16. The Morgan fingerprint density at radius 3 is 2.80 bits per heavy atom. The van der Waals surface area contributed by atoms with Crippen molar-refractivity contribution in [1.29, 1.82) is 0 Å². The van der Waals surface area contributed by atoms with Gasteiger partial charge in [-0.1, -0.05) is 12.1 Å². The molecule has 82 valence electrons. The fourth-order valence-corrected chi connectivity index (χ4v) is 1.16. The molecule has 1 aromatic rings. The van der Waals surface area contributed by atoms with Gasteiger partial charge in [-0.25, -0.2) is 0 Å². The maximum atomic E-state index is 11.9. The smallest absolute Gasteiger partial charge is 0.387 e. The summed E-state index contributed by atoms with van der Waals surface area (Å²) in [6.45, 7) is -1.09. The Morgan fingerprint density at radius 1 is 1.47 bits per heavy atom. The molecule has 3 nitrogen and oxygen atoms in total. The highest BCUT2D eigenvalue weighted by Gasteiger charge is 2.07. The summed E-state index contributed by atoms with van der Waals surface area (Å²) in [5.41, 5.74) is 0.709. The number of hydrogen-bond acceptors (Lipinski definition) is 2. The lowest BCUT2D eigenvalue weighted by atomic mass is 10.1. The summed E-state index contributed by atoms with van der Waals surface area (Å²) in [6.07, 6.45) is 0.561. The van der Waals surface area contributed by atoms with Crippen molar-refractivity contribution in [2.45, 2.75) is 19.6 Å². The van der Waals surface area contributed by atoms with Crippen LogP contribution in [0.2, 0.25) is 0 Å². The molecule has 1 N–H and O–H groups in total. The van der Waals surface area contributed by atoms with Crippen molar-refractivity contribution in [2.24, 2.45) is 0 Å². The molecule has 0 bridgehead atoms. The Kier molecular flexibility index (Phi) is 4.03. The van der Waals surface area contributed by atoms with Gasteiger partial charge in [0.2, 0.25) is 6.41 Å². The predicted molar refractivity (Wildman–Crippen MR) is 50.7 cm³/mol. The van der Waals surface area contributed by atoms with Gasteiger partial charge in [-0.05, 0) is 24.6 Å². The number of halogens is 2. The van der Waals surface area contributed by atoms with E-state index in [9.17, 15) is 13.6 Å².